The van der Waals surface area contributed by atoms with Crippen molar-refractivity contribution in [3.05, 3.63) is 47.3 Å². The Morgan fingerprint density at radius 1 is 1.09 bits per heavy atom. The first-order valence-electron chi connectivity index (χ1n) is 8.22. The quantitative estimate of drug-likeness (QED) is 0.874. The van der Waals surface area contributed by atoms with Crippen LogP contribution in [0.5, 0.6) is 0 Å². The number of amides is 1. The first-order valence-corrected chi connectivity index (χ1v) is 8.22. The number of carbonyl (C=O) groups excluding carboxylic acids is 1. The second-order valence-corrected chi connectivity index (χ2v) is 6.17. The highest BCUT2D eigenvalue weighted by atomic mass is 16.2. The van der Waals surface area contributed by atoms with E-state index in [4.69, 9.17) is 0 Å². The Morgan fingerprint density at radius 2 is 1.74 bits per heavy atom. The molecular weight excluding hydrogens is 288 g/mol. The molecule has 1 aliphatic heterocycles. The Hall–Kier alpha value is -2.30. The van der Waals surface area contributed by atoms with Crippen LogP contribution in [-0.2, 0) is 6.54 Å². The zero-order valence-corrected chi connectivity index (χ0v) is 14.1. The van der Waals surface area contributed by atoms with Gasteiger partial charge in [-0.3, -0.25) is 4.79 Å². The van der Waals surface area contributed by atoms with E-state index in [-0.39, 0.29) is 5.91 Å². The van der Waals surface area contributed by atoms with E-state index in [1.54, 1.807) is 0 Å². The van der Waals surface area contributed by atoms with Gasteiger partial charge < -0.3 is 14.4 Å². The second kappa shape index (κ2) is 6.44. The lowest BCUT2D eigenvalue weighted by Crippen LogP contribution is -2.49. The summed E-state index contributed by atoms with van der Waals surface area (Å²) in [5.41, 5.74) is 3.07. The van der Waals surface area contributed by atoms with Crippen molar-refractivity contribution in [2.45, 2.75) is 27.3 Å². The Bertz CT molecular complexity index is 679. The van der Waals surface area contributed by atoms with Gasteiger partial charge in [-0.2, -0.15) is 0 Å². The van der Waals surface area contributed by atoms with Crippen molar-refractivity contribution in [3.8, 4) is 0 Å². The molecule has 2 heterocycles. The molecule has 23 heavy (non-hydrogen) atoms. The fourth-order valence-electron chi connectivity index (χ4n) is 3.22. The molecule has 1 aromatic carbocycles. The molecule has 0 spiro atoms. The van der Waals surface area contributed by atoms with Crippen LogP contribution in [0.4, 0.5) is 5.95 Å². The van der Waals surface area contributed by atoms with Crippen LogP contribution < -0.4 is 4.90 Å². The second-order valence-electron chi connectivity index (χ2n) is 6.17. The fourth-order valence-corrected chi connectivity index (χ4v) is 3.22. The van der Waals surface area contributed by atoms with Gasteiger partial charge in [0, 0.05) is 50.7 Å². The van der Waals surface area contributed by atoms with Crippen LogP contribution in [0.25, 0.3) is 0 Å². The van der Waals surface area contributed by atoms with Crippen LogP contribution in [0.2, 0.25) is 0 Å². The number of imidazole rings is 1. The van der Waals surface area contributed by atoms with E-state index < -0.39 is 0 Å². The molecule has 122 valence electrons. The first kappa shape index (κ1) is 15.6. The van der Waals surface area contributed by atoms with Crippen LogP contribution in [0, 0.1) is 13.8 Å². The number of hydrogen-bond acceptors (Lipinski definition) is 3. The molecule has 2 aromatic rings. The Labute approximate surface area is 137 Å². The topological polar surface area (TPSA) is 41.4 Å². The molecule has 0 N–H and O–H groups in total. The lowest BCUT2D eigenvalue weighted by atomic mass is 10.1. The van der Waals surface area contributed by atoms with Gasteiger partial charge in [-0.25, -0.2) is 4.98 Å². The Morgan fingerprint density at radius 3 is 2.35 bits per heavy atom. The highest BCUT2D eigenvalue weighted by Gasteiger charge is 2.24. The van der Waals surface area contributed by atoms with Gasteiger partial charge in [0.05, 0.1) is 0 Å². The summed E-state index contributed by atoms with van der Waals surface area (Å²) in [5.74, 6) is 1.14. The van der Waals surface area contributed by atoms with Gasteiger partial charge in [-0.1, -0.05) is 17.2 Å². The lowest BCUT2D eigenvalue weighted by Gasteiger charge is -2.35. The molecule has 5 nitrogen and oxygen atoms in total. The molecule has 5 heteroatoms. The van der Waals surface area contributed by atoms with Gasteiger partial charge in [-0.15, -0.1) is 0 Å². The van der Waals surface area contributed by atoms with Crippen LogP contribution in [-0.4, -0.2) is 46.5 Å². The van der Waals surface area contributed by atoms with Crippen molar-refractivity contribution >= 4 is 11.9 Å². The van der Waals surface area contributed by atoms with Crippen molar-refractivity contribution in [1.82, 2.24) is 14.5 Å². The van der Waals surface area contributed by atoms with E-state index in [0.717, 1.165) is 55.4 Å². The third kappa shape index (κ3) is 3.23. The SMILES string of the molecule is CCn1ccnc1N1CCN(C(=O)c2cc(C)cc(C)c2)CC1. The molecule has 1 aromatic heterocycles. The van der Waals surface area contributed by atoms with Gasteiger partial charge >= 0.3 is 0 Å². The predicted octanol–water partition coefficient (Wildman–Crippen LogP) is 2.48. The summed E-state index contributed by atoms with van der Waals surface area (Å²) >= 11 is 0. The van der Waals surface area contributed by atoms with Crippen molar-refractivity contribution < 1.29 is 4.79 Å². The third-order valence-electron chi connectivity index (χ3n) is 4.35. The minimum Gasteiger partial charge on any atom is -0.339 e. The first-order chi connectivity index (χ1) is 11.1. The Balaban J connectivity index is 1.68. The molecular formula is C18H24N4O. The van der Waals surface area contributed by atoms with Crippen LogP contribution in [0.1, 0.15) is 28.4 Å². The van der Waals surface area contributed by atoms with Gasteiger partial charge in [-0.05, 0) is 32.9 Å². The molecule has 0 radical (unpaired) electrons. The smallest absolute Gasteiger partial charge is 0.253 e. The molecule has 0 bridgehead atoms. The summed E-state index contributed by atoms with van der Waals surface area (Å²) < 4.78 is 2.14. The summed E-state index contributed by atoms with van der Waals surface area (Å²) in [4.78, 5) is 21.4. The molecule has 1 aliphatic rings. The predicted molar refractivity (Wildman–Crippen MR) is 91.9 cm³/mol. The largest absolute Gasteiger partial charge is 0.339 e. The minimum absolute atomic E-state index is 0.135. The fraction of sp³-hybridized carbons (Fsp3) is 0.444. The molecule has 3 rings (SSSR count). The summed E-state index contributed by atoms with van der Waals surface area (Å²) in [7, 11) is 0. The standard InChI is InChI=1S/C18H24N4O/c1-4-20-6-5-19-18(20)22-9-7-21(8-10-22)17(23)16-12-14(2)11-15(3)13-16/h5-6,11-13H,4,7-10H2,1-3H3. The zero-order valence-electron chi connectivity index (χ0n) is 14.1. The monoisotopic (exact) mass is 312 g/mol. The van der Waals surface area contributed by atoms with E-state index in [9.17, 15) is 4.79 Å². The van der Waals surface area contributed by atoms with Gasteiger partial charge in [0.1, 0.15) is 0 Å². The molecule has 0 aliphatic carbocycles. The van der Waals surface area contributed by atoms with Crippen molar-refractivity contribution in [1.29, 1.82) is 0 Å². The molecule has 0 saturated carbocycles. The summed E-state index contributed by atoms with van der Waals surface area (Å²) in [5, 5.41) is 0. The maximum atomic E-state index is 12.7. The van der Waals surface area contributed by atoms with Crippen molar-refractivity contribution in [3.63, 3.8) is 0 Å². The van der Waals surface area contributed by atoms with Gasteiger partial charge in [0.25, 0.3) is 5.91 Å². The summed E-state index contributed by atoms with van der Waals surface area (Å²) in [6.07, 6.45) is 3.84. The van der Waals surface area contributed by atoms with E-state index in [0.29, 0.717) is 0 Å². The zero-order chi connectivity index (χ0) is 16.4. The summed E-state index contributed by atoms with van der Waals surface area (Å²) in [6, 6.07) is 6.05. The molecule has 1 amide bonds. The highest BCUT2D eigenvalue weighted by Crippen LogP contribution is 2.17. The number of benzene rings is 1. The van der Waals surface area contributed by atoms with E-state index in [1.165, 1.54) is 0 Å². The summed E-state index contributed by atoms with van der Waals surface area (Å²) in [6.45, 7) is 10.2. The molecule has 1 saturated heterocycles. The van der Waals surface area contributed by atoms with Gasteiger partial charge in [0.15, 0.2) is 0 Å². The molecule has 0 unspecified atom stereocenters. The number of hydrogen-bond donors (Lipinski definition) is 0. The highest BCUT2D eigenvalue weighted by molar-refractivity contribution is 5.94. The van der Waals surface area contributed by atoms with Crippen LogP contribution in [0.3, 0.4) is 0 Å². The lowest BCUT2D eigenvalue weighted by molar-refractivity contribution is 0.0746. The minimum atomic E-state index is 0.135. The number of anilines is 1. The van der Waals surface area contributed by atoms with E-state index in [2.05, 4.69) is 27.4 Å². The number of aryl methyl sites for hydroxylation is 3. The van der Waals surface area contributed by atoms with Crippen LogP contribution >= 0.6 is 0 Å². The average Bonchev–Trinajstić information content (AvgIpc) is 3.02. The third-order valence-corrected chi connectivity index (χ3v) is 4.35. The van der Waals surface area contributed by atoms with E-state index >= 15 is 0 Å². The van der Waals surface area contributed by atoms with Crippen molar-refractivity contribution in [2.75, 3.05) is 31.1 Å². The Kier molecular flexibility index (Phi) is 4.37. The average molecular weight is 312 g/mol. The maximum Gasteiger partial charge on any atom is 0.253 e. The number of nitrogens with zero attached hydrogens (tertiary/aromatic N) is 4. The number of aromatic nitrogens is 2. The normalized spacial score (nSPS) is 15.1. The maximum absolute atomic E-state index is 12.7. The van der Waals surface area contributed by atoms with Gasteiger partial charge in [0.2, 0.25) is 5.95 Å². The number of piperazine rings is 1. The van der Waals surface area contributed by atoms with E-state index in [1.807, 2.05) is 43.3 Å². The van der Waals surface area contributed by atoms with Crippen molar-refractivity contribution in [2.24, 2.45) is 0 Å². The molecule has 1 fully saturated rings. The molecule has 0 atom stereocenters. The number of rotatable bonds is 3. The number of carbonyl (C=O) groups is 1. The van der Waals surface area contributed by atoms with Crippen LogP contribution in [0.15, 0.2) is 30.6 Å².